The molecule has 1 aromatic carbocycles. The Labute approximate surface area is 110 Å². The molecule has 0 aliphatic heterocycles. The highest BCUT2D eigenvalue weighted by Gasteiger charge is 2.11. The molecule has 0 aliphatic rings. The van der Waals surface area contributed by atoms with Gasteiger partial charge in [0.05, 0.1) is 0 Å². The molecule has 4 heteroatoms. The fourth-order valence-electron chi connectivity index (χ4n) is 1.41. The van der Waals surface area contributed by atoms with Crippen LogP contribution >= 0.6 is 27.7 Å². The van der Waals surface area contributed by atoms with E-state index >= 15 is 0 Å². The molecule has 2 unspecified atom stereocenters. The summed E-state index contributed by atoms with van der Waals surface area (Å²) in [7, 11) is 0. The molecular formula is C12H18BrNOS. The summed E-state index contributed by atoms with van der Waals surface area (Å²) in [6.45, 7) is 5.19. The molecule has 1 aromatic rings. The van der Waals surface area contributed by atoms with Crippen molar-refractivity contribution in [3.05, 3.63) is 28.2 Å². The van der Waals surface area contributed by atoms with Crippen molar-refractivity contribution in [2.75, 3.05) is 12.8 Å². The minimum absolute atomic E-state index is 0.159. The Morgan fingerprint density at radius 1 is 1.44 bits per heavy atom. The highest BCUT2D eigenvalue weighted by atomic mass is 79.9. The smallest absolute Gasteiger partial charge is 0.120 e. The molecule has 0 radical (unpaired) electrons. The summed E-state index contributed by atoms with van der Waals surface area (Å²) in [5.74, 6) is 0.347. The third kappa shape index (κ3) is 4.00. The lowest BCUT2D eigenvalue weighted by molar-refractivity contribution is 0.453. The second kappa shape index (κ2) is 6.52. The maximum atomic E-state index is 9.76. The first kappa shape index (κ1) is 13.9. The number of phenolic OH excluding ortho intramolecular Hbond substituents is 1. The van der Waals surface area contributed by atoms with Crippen LogP contribution in [0.4, 0.5) is 0 Å². The van der Waals surface area contributed by atoms with Crippen LogP contribution in [0.3, 0.4) is 0 Å². The van der Waals surface area contributed by atoms with Gasteiger partial charge in [-0.15, -0.1) is 0 Å². The molecule has 0 amide bonds. The van der Waals surface area contributed by atoms with Crippen LogP contribution in [-0.2, 0) is 0 Å². The Morgan fingerprint density at radius 3 is 2.75 bits per heavy atom. The van der Waals surface area contributed by atoms with Crippen LogP contribution in [0.1, 0.15) is 25.5 Å². The summed E-state index contributed by atoms with van der Waals surface area (Å²) in [4.78, 5) is 0. The summed E-state index contributed by atoms with van der Waals surface area (Å²) in [6.07, 6.45) is 2.10. The molecule has 0 aliphatic carbocycles. The number of hydrogen-bond acceptors (Lipinski definition) is 3. The third-order valence-corrected chi connectivity index (χ3v) is 4.03. The van der Waals surface area contributed by atoms with E-state index < -0.39 is 0 Å². The zero-order valence-electron chi connectivity index (χ0n) is 9.83. The number of halogens is 1. The van der Waals surface area contributed by atoms with Crippen molar-refractivity contribution < 1.29 is 5.11 Å². The Morgan fingerprint density at radius 2 is 2.12 bits per heavy atom. The van der Waals surface area contributed by atoms with Crippen molar-refractivity contribution in [2.24, 2.45) is 0 Å². The van der Waals surface area contributed by atoms with Crippen LogP contribution < -0.4 is 5.32 Å². The molecule has 0 heterocycles. The molecule has 2 atom stereocenters. The molecule has 90 valence electrons. The third-order valence-electron chi connectivity index (χ3n) is 2.57. The van der Waals surface area contributed by atoms with Gasteiger partial charge in [-0.3, -0.25) is 0 Å². The van der Waals surface area contributed by atoms with Gasteiger partial charge < -0.3 is 10.4 Å². The lowest BCUT2D eigenvalue weighted by Crippen LogP contribution is -2.25. The topological polar surface area (TPSA) is 32.3 Å². The van der Waals surface area contributed by atoms with E-state index in [1.165, 1.54) is 0 Å². The molecule has 1 rings (SSSR count). The van der Waals surface area contributed by atoms with Gasteiger partial charge in [-0.1, -0.05) is 22.9 Å². The van der Waals surface area contributed by atoms with Gasteiger partial charge in [0.2, 0.25) is 0 Å². The second-order valence-corrected chi connectivity index (χ2v) is 6.07. The van der Waals surface area contributed by atoms with Crippen LogP contribution in [-0.4, -0.2) is 23.2 Å². The molecule has 0 fully saturated rings. The number of hydrogen-bond donors (Lipinski definition) is 2. The molecule has 0 saturated heterocycles. The standard InChI is InChI=1S/C12H18BrNOS/c1-8(16-3)7-14-9(2)11-6-10(13)4-5-12(11)15/h4-6,8-9,14-15H,7H2,1-3H3. The molecule has 0 spiro atoms. The maximum absolute atomic E-state index is 9.76. The van der Waals surface area contributed by atoms with Gasteiger partial charge in [0.1, 0.15) is 5.75 Å². The zero-order valence-corrected chi connectivity index (χ0v) is 12.2. The van der Waals surface area contributed by atoms with Crippen molar-refractivity contribution in [1.82, 2.24) is 5.32 Å². The Balaban J connectivity index is 2.65. The van der Waals surface area contributed by atoms with E-state index in [1.807, 2.05) is 23.9 Å². The lowest BCUT2D eigenvalue weighted by atomic mass is 10.1. The summed E-state index contributed by atoms with van der Waals surface area (Å²) in [5, 5.41) is 13.8. The van der Waals surface area contributed by atoms with E-state index in [0.717, 1.165) is 16.6 Å². The fraction of sp³-hybridized carbons (Fsp3) is 0.500. The second-order valence-electron chi connectivity index (χ2n) is 3.88. The van der Waals surface area contributed by atoms with Crippen LogP contribution in [0.25, 0.3) is 0 Å². The predicted octanol–water partition coefficient (Wildman–Crippen LogP) is 3.56. The van der Waals surface area contributed by atoms with Crippen LogP contribution in [0, 0.1) is 0 Å². The highest BCUT2D eigenvalue weighted by Crippen LogP contribution is 2.27. The van der Waals surface area contributed by atoms with Crippen molar-refractivity contribution >= 4 is 27.7 Å². The maximum Gasteiger partial charge on any atom is 0.120 e. The molecule has 2 N–H and O–H groups in total. The molecule has 16 heavy (non-hydrogen) atoms. The van der Waals surface area contributed by atoms with Gasteiger partial charge >= 0.3 is 0 Å². The summed E-state index contributed by atoms with van der Waals surface area (Å²) < 4.78 is 0.992. The lowest BCUT2D eigenvalue weighted by Gasteiger charge is -2.18. The average Bonchev–Trinajstić information content (AvgIpc) is 2.28. The van der Waals surface area contributed by atoms with E-state index in [0.29, 0.717) is 11.0 Å². The van der Waals surface area contributed by atoms with Crippen LogP contribution in [0.2, 0.25) is 0 Å². The number of benzene rings is 1. The van der Waals surface area contributed by atoms with Crippen LogP contribution in [0.5, 0.6) is 5.75 Å². The van der Waals surface area contributed by atoms with Gasteiger partial charge in [-0.05, 0) is 31.4 Å². The van der Waals surface area contributed by atoms with Gasteiger partial charge in [-0.2, -0.15) is 11.8 Å². The van der Waals surface area contributed by atoms with Crippen molar-refractivity contribution in [2.45, 2.75) is 25.1 Å². The normalized spacial score (nSPS) is 14.8. The van der Waals surface area contributed by atoms with Crippen molar-refractivity contribution in [1.29, 1.82) is 0 Å². The number of phenols is 1. The molecule has 0 bridgehead atoms. The molecular weight excluding hydrogens is 286 g/mol. The quantitative estimate of drug-likeness (QED) is 0.872. The van der Waals surface area contributed by atoms with Gasteiger partial charge in [0.15, 0.2) is 0 Å². The zero-order chi connectivity index (χ0) is 12.1. The summed E-state index contributed by atoms with van der Waals surface area (Å²) in [6, 6.07) is 5.68. The monoisotopic (exact) mass is 303 g/mol. The number of thioether (sulfide) groups is 1. The van der Waals surface area contributed by atoms with Crippen LogP contribution in [0.15, 0.2) is 22.7 Å². The molecule has 2 nitrogen and oxygen atoms in total. The fourth-order valence-corrected chi connectivity index (χ4v) is 2.05. The largest absolute Gasteiger partial charge is 0.508 e. The van der Waals surface area contributed by atoms with Crippen molar-refractivity contribution in [3.63, 3.8) is 0 Å². The Hall–Kier alpha value is -0.190. The number of aromatic hydroxyl groups is 1. The van der Waals surface area contributed by atoms with E-state index in [9.17, 15) is 5.11 Å². The van der Waals surface area contributed by atoms with Gasteiger partial charge in [-0.25, -0.2) is 0 Å². The number of nitrogens with one attached hydrogen (secondary N) is 1. The van der Waals surface area contributed by atoms with E-state index in [4.69, 9.17) is 0 Å². The molecule has 0 aromatic heterocycles. The highest BCUT2D eigenvalue weighted by molar-refractivity contribution is 9.10. The Bertz CT molecular complexity index is 346. The summed E-state index contributed by atoms with van der Waals surface area (Å²) in [5.41, 5.74) is 0.933. The van der Waals surface area contributed by atoms with Gasteiger partial charge in [0.25, 0.3) is 0 Å². The first-order chi connectivity index (χ1) is 7.54. The SMILES string of the molecule is CSC(C)CNC(C)c1cc(Br)ccc1O. The minimum atomic E-state index is 0.159. The average molecular weight is 304 g/mol. The number of rotatable bonds is 5. The van der Waals surface area contributed by atoms with E-state index in [2.05, 4.69) is 41.3 Å². The predicted molar refractivity (Wildman–Crippen MR) is 75.2 cm³/mol. The first-order valence-corrected chi connectivity index (χ1v) is 7.37. The Kier molecular flexibility index (Phi) is 5.66. The van der Waals surface area contributed by atoms with E-state index in [1.54, 1.807) is 6.07 Å². The molecule has 0 saturated carbocycles. The van der Waals surface area contributed by atoms with Crippen molar-refractivity contribution in [3.8, 4) is 5.75 Å². The first-order valence-electron chi connectivity index (χ1n) is 5.29. The van der Waals surface area contributed by atoms with Gasteiger partial charge in [0, 0.05) is 27.9 Å². The van der Waals surface area contributed by atoms with E-state index in [-0.39, 0.29) is 6.04 Å². The summed E-state index contributed by atoms with van der Waals surface area (Å²) >= 11 is 5.25. The minimum Gasteiger partial charge on any atom is -0.508 e.